The lowest BCUT2D eigenvalue weighted by atomic mass is 9.94. The number of hydrogen-bond donors (Lipinski definition) is 1. The zero-order valence-corrected chi connectivity index (χ0v) is 11.6. The van der Waals surface area contributed by atoms with E-state index >= 15 is 0 Å². The Morgan fingerprint density at radius 1 is 1.35 bits per heavy atom. The van der Waals surface area contributed by atoms with Crippen molar-refractivity contribution in [2.45, 2.75) is 25.2 Å². The molecule has 0 radical (unpaired) electrons. The fraction of sp³-hybridized carbons (Fsp3) is 0.467. The molecule has 0 heterocycles. The number of aliphatic carboxylic acids is 1. The van der Waals surface area contributed by atoms with E-state index in [0.717, 1.165) is 18.4 Å². The van der Waals surface area contributed by atoms with Crippen molar-refractivity contribution in [1.82, 2.24) is 4.90 Å². The van der Waals surface area contributed by atoms with Crippen molar-refractivity contribution in [3.63, 3.8) is 0 Å². The lowest BCUT2D eigenvalue weighted by Crippen LogP contribution is -2.40. The minimum Gasteiger partial charge on any atom is -0.481 e. The highest BCUT2D eigenvalue weighted by Gasteiger charge is 2.52. The molecule has 1 atom stereocenters. The third kappa shape index (κ3) is 2.66. The predicted octanol–water partition coefficient (Wildman–Crippen LogP) is 2.04. The van der Waals surface area contributed by atoms with Crippen molar-refractivity contribution < 1.29 is 19.1 Å². The maximum absolute atomic E-state index is 13.0. The molecular formula is C15H18FNO3. The summed E-state index contributed by atoms with van der Waals surface area (Å²) in [5.74, 6) is -1.94. The fourth-order valence-electron chi connectivity index (χ4n) is 2.46. The normalized spacial score (nSPS) is 17.4. The fourth-order valence-corrected chi connectivity index (χ4v) is 2.46. The van der Waals surface area contributed by atoms with Crippen molar-refractivity contribution in [2.24, 2.45) is 5.92 Å². The van der Waals surface area contributed by atoms with Gasteiger partial charge < -0.3 is 10.0 Å². The van der Waals surface area contributed by atoms with Gasteiger partial charge in [0.05, 0.1) is 11.3 Å². The molecule has 1 aliphatic rings. The molecule has 1 aromatic rings. The molecule has 0 spiro atoms. The van der Waals surface area contributed by atoms with E-state index in [9.17, 15) is 14.0 Å². The topological polar surface area (TPSA) is 57.6 Å². The van der Waals surface area contributed by atoms with Crippen molar-refractivity contribution >= 4 is 11.9 Å². The number of amides is 1. The van der Waals surface area contributed by atoms with Crippen LogP contribution in [0.1, 0.15) is 25.3 Å². The molecule has 1 unspecified atom stereocenters. The number of nitrogens with zero attached hydrogens (tertiary/aromatic N) is 1. The number of likely N-dealkylation sites (N-methyl/N-ethyl adjacent to an activating group) is 1. The van der Waals surface area contributed by atoms with Crippen LogP contribution in [0.15, 0.2) is 24.3 Å². The van der Waals surface area contributed by atoms with Gasteiger partial charge in [-0.05, 0) is 30.5 Å². The second-order valence-electron chi connectivity index (χ2n) is 5.51. The van der Waals surface area contributed by atoms with E-state index in [1.54, 1.807) is 26.1 Å². The molecule has 5 heteroatoms. The van der Waals surface area contributed by atoms with Crippen LogP contribution in [-0.4, -0.2) is 35.5 Å². The quantitative estimate of drug-likeness (QED) is 0.897. The summed E-state index contributed by atoms with van der Waals surface area (Å²) in [5, 5.41) is 8.90. The summed E-state index contributed by atoms with van der Waals surface area (Å²) in [6.45, 7) is 1.75. The summed E-state index contributed by atoms with van der Waals surface area (Å²) in [5.41, 5.74) is 0.222. The maximum atomic E-state index is 13.0. The van der Waals surface area contributed by atoms with Crippen molar-refractivity contribution in [1.29, 1.82) is 0 Å². The first-order chi connectivity index (χ1) is 9.36. The Labute approximate surface area is 117 Å². The molecule has 1 aromatic carbocycles. The van der Waals surface area contributed by atoms with Crippen LogP contribution >= 0.6 is 0 Å². The van der Waals surface area contributed by atoms with Crippen LogP contribution in [0.4, 0.5) is 4.39 Å². The van der Waals surface area contributed by atoms with Gasteiger partial charge in [-0.3, -0.25) is 9.59 Å². The average Bonchev–Trinajstić information content (AvgIpc) is 3.20. The Morgan fingerprint density at radius 3 is 2.35 bits per heavy atom. The summed E-state index contributed by atoms with van der Waals surface area (Å²) in [7, 11) is 1.62. The number of hydrogen-bond acceptors (Lipinski definition) is 2. The zero-order valence-electron chi connectivity index (χ0n) is 11.6. The highest BCUT2D eigenvalue weighted by atomic mass is 19.1. The first-order valence-corrected chi connectivity index (χ1v) is 6.61. The Bertz CT molecular complexity index is 522. The Kier molecular flexibility index (Phi) is 3.79. The van der Waals surface area contributed by atoms with E-state index < -0.39 is 17.3 Å². The van der Waals surface area contributed by atoms with Crippen LogP contribution < -0.4 is 0 Å². The highest BCUT2D eigenvalue weighted by Crippen LogP contribution is 2.49. The first-order valence-electron chi connectivity index (χ1n) is 6.61. The van der Waals surface area contributed by atoms with Gasteiger partial charge in [0.25, 0.3) is 0 Å². The molecule has 108 valence electrons. The van der Waals surface area contributed by atoms with E-state index in [0.29, 0.717) is 0 Å². The van der Waals surface area contributed by atoms with Gasteiger partial charge >= 0.3 is 5.97 Å². The largest absolute Gasteiger partial charge is 0.481 e. The van der Waals surface area contributed by atoms with Crippen molar-refractivity contribution in [2.75, 3.05) is 13.6 Å². The molecule has 4 nitrogen and oxygen atoms in total. The van der Waals surface area contributed by atoms with Crippen molar-refractivity contribution in [3.05, 3.63) is 35.6 Å². The molecule has 0 saturated heterocycles. The Morgan fingerprint density at radius 2 is 1.90 bits per heavy atom. The number of halogens is 1. The Hall–Kier alpha value is -1.91. The number of carboxylic acids is 1. The lowest BCUT2D eigenvalue weighted by molar-refractivity contribution is -0.143. The average molecular weight is 279 g/mol. The van der Waals surface area contributed by atoms with E-state index in [2.05, 4.69) is 0 Å². The van der Waals surface area contributed by atoms with Gasteiger partial charge in [0.2, 0.25) is 5.91 Å². The molecule has 1 N–H and O–H groups in total. The minimum absolute atomic E-state index is 0.0859. The van der Waals surface area contributed by atoms with Gasteiger partial charge in [0, 0.05) is 13.6 Å². The monoisotopic (exact) mass is 279 g/mol. The summed E-state index contributed by atoms with van der Waals surface area (Å²) in [6.07, 6.45) is 1.45. The summed E-state index contributed by atoms with van der Waals surface area (Å²) in [6, 6.07) is 5.97. The molecule has 0 aromatic heterocycles. The summed E-state index contributed by atoms with van der Waals surface area (Å²) >= 11 is 0. The second kappa shape index (κ2) is 5.23. The first kappa shape index (κ1) is 14.5. The van der Waals surface area contributed by atoms with Gasteiger partial charge in [-0.1, -0.05) is 19.1 Å². The maximum Gasteiger partial charge on any atom is 0.308 e. The van der Waals surface area contributed by atoms with E-state index in [1.165, 1.54) is 17.0 Å². The molecule has 20 heavy (non-hydrogen) atoms. The van der Waals surface area contributed by atoms with Crippen LogP contribution in [0.2, 0.25) is 0 Å². The van der Waals surface area contributed by atoms with Gasteiger partial charge in [-0.25, -0.2) is 4.39 Å². The van der Waals surface area contributed by atoms with Gasteiger partial charge in [-0.2, -0.15) is 0 Å². The van der Waals surface area contributed by atoms with Gasteiger partial charge in [-0.15, -0.1) is 0 Å². The van der Waals surface area contributed by atoms with Gasteiger partial charge in [0.1, 0.15) is 5.82 Å². The predicted molar refractivity (Wildman–Crippen MR) is 71.7 cm³/mol. The SMILES string of the molecule is CC(CN(C)C(=O)C1(c2ccc(F)cc2)CC1)C(=O)O. The third-order valence-electron chi connectivity index (χ3n) is 3.87. The van der Waals surface area contributed by atoms with Crippen LogP contribution in [0.25, 0.3) is 0 Å². The number of benzene rings is 1. The number of carbonyl (C=O) groups excluding carboxylic acids is 1. The Balaban J connectivity index is 2.12. The van der Waals surface area contributed by atoms with Crippen molar-refractivity contribution in [3.8, 4) is 0 Å². The van der Waals surface area contributed by atoms with Crippen LogP contribution in [-0.2, 0) is 15.0 Å². The number of carboxylic acid groups (broad SMARTS) is 1. The summed E-state index contributed by atoms with van der Waals surface area (Å²) < 4.78 is 13.0. The molecule has 0 aliphatic heterocycles. The van der Waals surface area contributed by atoms with Crippen LogP contribution in [0, 0.1) is 11.7 Å². The number of carbonyl (C=O) groups is 2. The van der Waals surface area contributed by atoms with Crippen LogP contribution in [0.5, 0.6) is 0 Å². The molecule has 2 rings (SSSR count). The van der Waals surface area contributed by atoms with E-state index in [4.69, 9.17) is 5.11 Å². The molecule has 1 amide bonds. The lowest BCUT2D eigenvalue weighted by Gasteiger charge is -2.25. The molecular weight excluding hydrogens is 261 g/mol. The smallest absolute Gasteiger partial charge is 0.308 e. The highest BCUT2D eigenvalue weighted by molar-refractivity contribution is 5.91. The third-order valence-corrected chi connectivity index (χ3v) is 3.87. The second-order valence-corrected chi connectivity index (χ2v) is 5.51. The van der Waals surface area contributed by atoms with E-state index in [1.807, 2.05) is 0 Å². The summed E-state index contributed by atoms with van der Waals surface area (Å²) in [4.78, 5) is 24.8. The standard InChI is InChI=1S/C15H18FNO3/c1-10(13(18)19)9-17(2)14(20)15(7-8-15)11-3-5-12(16)6-4-11/h3-6,10H,7-9H2,1-2H3,(H,18,19). The molecule has 1 saturated carbocycles. The molecule has 1 fully saturated rings. The number of rotatable bonds is 5. The zero-order chi connectivity index (χ0) is 14.9. The molecule has 1 aliphatic carbocycles. The van der Waals surface area contributed by atoms with Crippen LogP contribution in [0.3, 0.4) is 0 Å². The molecule has 0 bridgehead atoms. The van der Waals surface area contributed by atoms with Gasteiger partial charge in [0.15, 0.2) is 0 Å². The minimum atomic E-state index is -0.920. The van der Waals surface area contributed by atoms with E-state index in [-0.39, 0.29) is 18.3 Å².